The molecule has 0 amide bonds. The lowest BCUT2D eigenvalue weighted by Crippen LogP contribution is -2.21. The molecule has 0 aliphatic heterocycles. The maximum Gasteiger partial charge on any atom is 0.238 e. The summed E-state index contributed by atoms with van der Waals surface area (Å²) < 4.78 is 24.7. The van der Waals surface area contributed by atoms with E-state index in [2.05, 4.69) is 15.5 Å². The summed E-state index contributed by atoms with van der Waals surface area (Å²) in [6.07, 6.45) is 1.68. The number of aryl methyl sites for hydroxylation is 1. The number of benzene rings is 1. The van der Waals surface area contributed by atoms with Gasteiger partial charge < -0.3 is 9.88 Å². The normalized spacial score (nSPS) is 13.3. The smallest absolute Gasteiger partial charge is 0.238 e. The topological polar surface area (TPSA) is 103 Å². The summed E-state index contributed by atoms with van der Waals surface area (Å²) in [5.74, 6) is 0.840. The highest BCUT2D eigenvalue weighted by Crippen LogP contribution is 2.17. The van der Waals surface area contributed by atoms with E-state index in [0.29, 0.717) is 6.54 Å². The number of hydrogen-bond acceptors (Lipinski definition) is 5. The van der Waals surface area contributed by atoms with Gasteiger partial charge in [0, 0.05) is 12.6 Å². The first kappa shape index (κ1) is 15.6. The molecule has 1 heterocycles. The van der Waals surface area contributed by atoms with Crippen LogP contribution in [0.3, 0.4) is 0 Å². The Morgan fingerprint density at radius 2 is 2.19 bits per heavy atom. The molecule has 8 heteroatoms. The fourth-order valence-corrected chi connectivity index (χ4v) is 2.57. The van der Waals surface area contributed by atoms with Gasteiger partial charge in [0.25, 0.3) is 0 Å². The third-order valence-corrected chi connectivity index (χ3v) is 4.20. The predicted molar refractivity (Wildman–Crippen MR) is 78.8 cm³/mol. The molecule has 7 nitrogen and oxygen atoms in total. The predicted octanol–water partition coefficient (Wildman–Crippen LogP) is 0.796. The number of rotatable bonds is 6. The van der Waals surface area contributed by atoms with Crippen LogP contribution in [0.2, 0.25) is 0 Å². The van der Waals surface area contributed by atoms with Crippen LogP contribution < -0.4 is 10.5 Å². The lowest BCUT2D eigenvalue weighted by molar-refractivity contribution is 0.538. The Balaban J connectivity index is 2.09. The van der Waals surface area contributed by atoms with Gasteiger partial charge in [-0.05, 0) is 31.5 Å². The van der Waals surface area contributed by atoms with Crippen LogP contribution in [0.1, 0.15) is 31.3 Å². The largest absolute Gasteiger partial charge is 0.317 e. The zero-order valence-electron chi connectivity index (χ0n) is 12.0. The SMILES string of the molecule is CCn1cnnc1CNC(C)c1cccc(S(N)(=O)=O)c1. The summed E-state index contributed by atoms with van der Waals surface area (Å²) in [5, 5.41) is 16.4. The Labute approximate surface area is 124 Å². The van der Waals surface area contributed by atoms with Gasteiger partial charge in [-0.15, -0.1) is 10.2 Å². The van der Waals surface area contributed by atoms with E-state index < -0.39 is 10.0 Å². The summed E-state index contributed by atoms with van der Waals surface area (Å²) in [6.45, 7) is 5.33. The average molecular weight is 309 g/mol. The van der Waals surface area contributed by atoms with Crippen molar-refractivity contribution >= 4 is 10.0 Å². The molecule has 0 saturated heterocycles. The van der Waals surface area contributed by atoms with Crippen LogP contribution >= 0.6 is 0 Å². The summed E-state index contributed by atoms with van der Waals surface area (Å²) in [5.41, 5.74) is 0.851. The first-order valence-corrected chi connectivity index (χ1v) is 8.19. The first-order chi connectivity index (χ1) is 9.91. The average Bonchev–Trinajstić information content (AvgIpc) is 2.91. The van der Waals surface area contributed by atoms with Crippen molar-refractivity contribution < 1.29 is 8.42 Å². The number of nitrogens with one attached hydrogen (secondary N) is 1. The molecular formula is C13H19N5O2S. The number of nitrogens with zero attached hydrogens (tertiary/aromatic N) is 3. The van der Waals surface area contributed by atoms with Gasteiger partial charge in [-0.1, -0.05) is 12.1 Å². The van der Waals surface area contributed by atoms with Crippen LogP contribution in [0, 0.1) is 0 Å². The van der Waals surface area contributed by atoms with Gasteiger partial charge in [-0.25, -0.2) is 13.6 Å². The minimum Gasteiger partial charge on any atom is -0.317 e. The molecule has 1 aromatic heterocycles. The Morgan fingerprint density at radius 1 is 1.43 bits per heavy atom. The molecule has 0 bridgehead atoms. The van der Waals surface area contributed by atoms with Crippen molar-refractivity contribution in [3.8, 4) is 0 Å². The molecule has 0 aliphatic carbocycles. The van der Waals surface area contributed by atoms with Gasteiger partial charge in [-0.2, -0.15) is 0 Å². The van der Waals surface area contributed by atoms with Crippen LogP contribution in [-0.4, -0.2) is 23.2 Å². The minimum atomic E-state index is -3.68. The first-order valence-electron chi connectivity index (χ1n) is 6.64. The molecule has 1 unspecified atom stereocenters. The van der Waals surface area contributed by atoms with E-state index in [1.54, 1.807) is 18.5 Å². The molecule has 0 aliphatic rings. The van der Waals surface area contributed by atoms with Crippen LogP contribution in [0.4, 0.5) is 0 Å². The second-order valence-electron chi connectivity index (χ2n) is 4.75. The highest BCUT2D eigenvalue weighted by molar-refractivity contribution is 7.89. The van der Waals surface area contributed by atoms with Crippen LogP contribution in [-0.2, 0) is 23.1 Å². The van der Waals surface area contributed by atoms with E-state index in [1.165, 1.54) is 6.07 Å². The number of primary sulfonamides is 1. The van der Waals surface area contributed by atoms with Crippen molar-refractivity contribution in [3.63, 3.8) is 0 Å². The second kappa shape index (κ2) is 6.33. The Morgan fingerprint density at radius 3 is 2.86 bits per heavy atom. The molecule has 0 fully saturated rings. The monoisotopic (exact) mass is 309 g/mol. The van der Waals surface area contributed by atoms with Crippen molar-refractivity contribution in [3.05, 3.63) is 42.0 Å². The zero-order valence-corrected chi connectivity index (χ0v) is 12.8. The second-order valence-corrected chi connectivity index (χ2v) is 6.31. The molecule has 1 atom stereocenters. The van der Waals surface area contributed by atoms with E-state index in [0.717, 1.165) is 17.9 Å². The molecule has 21 heavy (non-hydrogen) atoms. The van der Waals surface area contributed by atoms with E-state index in [4.69, 9.17) is 5.14 Å². The van der Waals surface area contributed by atoms with Gasteiger partial charge in [0.05, 0.1) is 11.4 Å². The molecule has 0 spiro atoms. The standard InChI is InChI=1S/C13H19N5O2S/c1-3-18-9-16-17-13(18)8-15-10(2)11-5-4-6-12(7-11)21(14,19)20/h4-7,9-10,15H,3,8H2,1-2H3,(H2,14,19,20). The van der Waals surface area contributed by atoms with Crippen LogP contribution in [0.5, 0.6) is 0 Å². The third kappa shape index (κ3) is 3.87. The minimum absolute atomic E-state index is 0.0336. The van der Waals surface area contributed by atoms with E-state index in [9.17, 15) is 8.42 Å². The Bertz CT molecular complexity index is 711. The van der Waals surface area contributed by atoms with E-state index in [-0.39, 0.29) is 10.9 Å². The number of nitrogens with two attached hydrogens (primary N) is 1. The fraction of sp³-hybridized carbons (Fsp3) is 0.385. The quantitative estimate of drug-likeness (QED) is 0.821. The fourth-order valence-electron chi connectivity index (χ4n) is 2.00. The molecule has 3 N–H and O–H groups in total. The lowest BCUT2D eigenvalue weighted by atomic mass is 10.1. The molecule has 0 saturated carbocycles. The summed E-state index contributed by atoms with van der Waals surface area (Å²) in [4.78, 5) is 0.116. The third-order valence-electron chi connectivity index (χ3n) is 3.29. The molecular weight excluding hydrogens is 290 g/mol. The zero-order chi connectivity index (χ0) is 15.5. The maximum atomic E-state index is 11.4. The molecule has 1 aromatic carbocycles. The van der Waals surface area contributed by atoms with Crippen molar-refractivity contribution in [1.82, 2.24) is 20.1 Å². The number of aromatic nitrogens is 3. The van der Waals surface area contributed by atoms with Crippen molar-refractivity contribution in [1.29, 1.82) is 0 Å². The lowest BCUT2D eigenvalue weighted by Gasteiger charge is -2.15. The highest BCUT2D eigenvalue weighted by Gasteiger charge is 2.12. The van der Waals surface area contributed by atoms with Crippen LogP contribution in [0.25, 0.3) is 0 Å². The summed E-state index contributed by atoms with van der Waals surface area (Å²) in [6, 6.07) is 6.57. The Hall–Kier alpha value is -1.77. The van der Waals surface area contributed by atoms with Gasteiger partial charge in [0.2, 0.25) is 10.0 Å². The van der Waals surface area contributed by atoms with E-state index >= 15 is 0 Å². The summed E-state index contributed by atoms with van der Waals surface area (Å²) in [7, 11) is -3.68. The maximum absolute atomic E-state index is 11.4. The van der Waals surface area contributed by atoms with Crippen molar-refractivity contribution in [2.45, 2.75) is 37.9 Å². The van der Waals surface area contributed by atoms with Gasteiger partial charge >= 0.3 is 0 Å². The highest BCUT2D eigenvalue weighted by atomic mass is 32.2. The van der Waals surface area contributed by atoms with Gasteiger partial charge in [0.1, 0.15) is 12.2 Å². The summed E-state index contributed by atoms with van der Waals surface area (Å²) >= 11 is 0. The van der Waals surface area contributed by atoms with Crippen molar-refractivity contribution in [2.75, 3.05) is 0 Å². The molecule has 2 rings (SSSR count). The van der Waals surface area contributed by atoms with Gasteiger partial charge in [0.15, 0.2) is 0 Å². The van der Waals surface area contributed by atoms with Crippen molar-refractivity contribution in [2.24, 2.45) is 5.14 Å². The molecule has 0 radical (unpaired) electrons. The number of sulfonamides is 1. The molecule has 114 valence electrons. The van der Waals surface area contributed by atoms with Gasteiger partial charge in [-0.3, -0.25) is 0 Å². The van der Waals surface area contributed by atoms with Crippen LogP contribution in [0.15, 0.2) is 35.5 Å². The van der Waals surface area contributed by atoms with E-state index in [1.807, 2.05) is 24.5 Å². The molecule has 2 aromatic rings. The Kier molecular flexibility index (Phi) is 4.71. The number of hydrogen-bond donors (Lipinski definition) is 2.